The van der Waals surface area contributed by atoms with Crippen molar-refractivity contribution in [1.29, 1.82) is 0 Å². The standard InChI is InChI=1S/C24H35ClNOP.C11H20N2O.C6H8N2.C2H6/c1-9-12-24(7,19(6)27)15-26(8)23(16(2)3)18(5)13-17(4)21-14-20(25)10-11-22(21)28;1-9(14)10-7-11(8-10)13-5-3-12(2)4-6-13;1-5-3-6(2)8-4-7-5;1-2/h10-11,13-14H,4,9,12,15,28H2,1-3,5-8H3;10-11H,3-8H2,1-2H3;3-4H,1-2H3;1-2H3/b18-13-;;;. The number of carbonyl (C=O) groups excluding carboxylic acids is 2. The zero-order valence-electron chi connectivity index (χ0n) is 34.7. The van der Waals surface area contributed by atoms with Crippen LogP contribution in [-0.2, 0) is 9.59 Å². The molecule has 290 valence electrons. The van der Waals surface area contributed by atoms with E-state index < -0.39 is 0 Å². The van der Waals surface area contributed by atoms with E-state index in [1.807, 2.05) is 52.0 Å². The molecule has 52 heavy (non-hydrogen) atoms. The summed E-state index contributed by atoms with van der Waals surface area (Å²) in [6.07, 6.45) is 7.77. The highest BCUT2D eigenvalue weighted by molar-refractivity contribution is 7.27. The van der Waals surface area contributed by atoms with Gasteiger partial charge in [0.25, 0.3) is 0 Å². The van der Waals surface area contributed by atoms with Crippen LogP contribution < -0.4 is 5.30 Å². The maximum Gasteiger partial charge on any atom is 0.137 e. The quantitative estimate of drug-likeness (QED) is 0.168. The van der Waals surface area contributed by atoms with Gasteiger partial charge in [-0.2, -0.15) is 0 Å². The maximum absolute atomic E-state index is 12.3. The smallest absolute Gasteiger partial charge is 0.137 e. The number of hydrogen-bond acceptors (Lipinski definition) is 7. The number of rotatable bonds is 11. The Hall–Kier alpha value is -2.70. The van der Waals surface area contributed by atoms with E-state index in [4.69, 9.17) is 11.6 Å². The summed E-state index contributed by atoms with van der Waals surface area (Å²) in [7, 11) is 6.99. The first-order valence-corrected chi connectivity index (χ1v) is 19.8. The summed E-state index contributed by atoms with van der Waals surface area (Å²) in [6, 6.07) is 8.45. The molecule has 1 aliphatic carbocycles. The minimum Gasteiger partial charge on any atom is -0.373 e. The van der Waals surface area contributed by atoms with Crippen LogP contribution in [0.4, 0.5) is 0 Å². The first-order chi connectivity index (χ1) is 24.4. The van der Waals surface area contributed by atoms with Gasteiger partial charge in [0.15, 0.2) is 0 Å². The summed E-state index contributed by atoms with van der Waals surface area (Å²) in [5.41, 5.74) is 7.13. The monoisotopic (exact) mass is 753 g/mol. The summed E-state index contributed by atoms with van der Waals surface area (Å²) in [5.74, 6) is 1.00. The van der Waals surface area contributed by atoms with Crippen molar-refractivity contribution in [2.45, 2.75) is 108 Å². The number of halogens is 1. The highest BCUT2D eigenvalue weighted by Crippen LogP contribution is 2.33. The van der Waals surface area contributed by atoms with Crippen LogP contribution in [0.2, 0.25) is 5.02 Å². The molecule has 2 atom stereocenters. The zero-order valence-corrected chi connectivity index (χ0v) is 36.6. The lowest BCUT2D eigenvalue weighted by Crippen LogP contribution is -2.54. The van der Waals surface area contributed by atoms with E-state index in [0.717, 1.165) is 64.8 Å². The van der Waals surface area contributed by atoms with Crippen LogP contribution in [0.15, 0.2) is 60.1 Å². The number of hydrogen-bond donors (Lipinski definition) is 0. The van der Waals surface area contributed by atoms with E-state index in [-0.39, 0.29) is 11.2 Å². The molecule has 9 heteroatoms. The van der Waals surface area contributed by atoms with Crippen molar-refractivity contribution in [2.24, 2.45) is 11.3 Å². The molecular formula is C43H69ClN5O2P. The molecule has 1 aliphatic heterocycles. The number of ketones is 2. The number of aryl methyl sites for hydroxylation is 2. The van der Waals surface area contributed by atoms with Crippen LogP contribution in [0.5, 0.6) is 0 Å². The molecule has 0 N–H and O–H groups in total. The Morgan fingerprint density at radius 2 is 1.58 bits per heavy atom. The molecule has 1 saturated carbocycles. The van der Waals surface area contributed by atoms with Crippen molar-refractivity contribution in [3.05, 3.63) is 82.1 Å². The Balaban J connectivity index is 0.000000458. The second-order valence-electron chi connectivity index (χ2n) is 14.7. The van der Waals surface area contributed by atoms with E-state index >= 15 is 0 Å². The van der Waals surface area contributed by atoms with Crippen LogP contribution in [0.25, 0.3) is 5.57 Å². The average molecular weight is 754 g/mol. The summed E-state index contributed by atoms with van der Waals surface area (Å²) < 4.78 is 0. The minimum absolute atomic E-state index is 0.243. The van der Waals surface area contributed by atoms with Crippen LogP contribution in [0.3, 0.4) is 0 Å². The molecule has 2 heterocycles. The molecule has 2 unspecified atom stereocenters. The molecule has 2 fully saturated rings. The Morgan fingerprint density at radius 1 is 1.02 bits per heavy atom. The molecule has 0 radical (unpaired) electrons. The number of aromatic nitrogens is 2. The van der Waals surface area contributed by atoms with E-state index in [0.29, 0.717) is 29.3 Å². The Kier molecular flexibility index (Phi) is 21.1. The number of allylic oxidation sites excluding steroid dienone is 4. The lowest BCUT2D eigenvalue weighted by molar-refractivity contribution is -0.127. The Morgan fingerprint density at radius 3 is 2.02 bits per heavy atom. The third-order valence-corrected chi connectivity index (χ3v) is 10.6. The van der Waals surface area contributed by atoms with Gasteiger partial charge < -0.3 is 9.80 Å². The molecule has 7 nitrogen and oxygen atoms in total. The molecule has 1 aromatic carbocycles. The molecule has 1 aromatic heterocycles. The first kappa shape index (κ1) is 47.3. The van der Waals surface area contributed by atoms with Gasteiger partial charge in [-0.25, -0.2) is 9.97 Å². The van der Waals surface area contributed by atoms with Crippen molar-refractivity contribution in [2.75, 3.05) is 46.8 Å². The predicted octanol–water partition coefficient (Wildman–Crippen LogP) is 9.14. The van der Waals surface area contributed by atoms with E-state index in [2.05, 4.69) is 95.3 Å². The number of nitrogens with zero attached hydrogens (tertiary/aromatic N) is 5. The largest absolute Gasteiger partial charge is 0.373 e. The van der Waals surface area contributed by atoms with Gasteiger partial charge in [-0.05, 0) is 121 Å². The normalized spacial score (nSPS) is 18.4. The van der Waals surface area contributed by atoms with Crippen molar-refractivity contribution in [1.82, 2.24) is 24.7 Å². The summed E-state index contributed by atoms with van der Waals surface area (Å²) >= 11 is 6.17. The number of benzene rings is 1. The number of likely N-dealkylation sites (N-methyl/N-ethyl adjacent to an activating group) is 2. The molecule has 0 bridgehead atoms. The average Bonchev–Trinajstić information content (AvgIpc) is 3.03. The van der Waals surface area contributed by atoms with Crippen molar-refractivity contribution < 1.29 is 9.59 Å². The lowest BCUT2D eigenvalue weighted by Gasteiger charge is -2.45. The second kappa shape index (κ2) is 23.2. The third kappa shape index (κ3) is 15.3. The van der Waals surface area contributed by atoms with Crippen LogP contribution in [0, 0.1) is 25.2 Å². The molecular weight excluding hydrogens is 685 g/mol. The fraction of sp³-hybridized carbons (Fsp3) is 0.581. The van der Waals surface area contributed by atoms with Crippen LogP contribution in [-0.4, -0.2) is 89.1 Å². The fourth-order valence-corrected chi connectivity index (χ4v) is 7.34. The van der Waals surface area contributed by atoms with Gasteiger partial charge in [0, 0.05) is 79.3 Å². The highest BCUT2D eigenvalue weighted by Gasteiger charge is 2.36. The highest BCUT2D eigenvalue weighted by atomic mass is 35.5. The van der Waals surface area contributed by atoms with Gasteiger partial charge in [0.1, 0.15) is 17.9 Å². The fourth-order valence-electron chi connectivity index (χ4n) is 6.80. The Labute approximate surface area is 324 Å². The summed E-state index contributed by atoms with van der Waals surface area (Å²) in [4.78, 5) is 38.4. The van der Waals surface area contributed by atoms with Gasteiger partial charge in [0.05, 0.1) is 0 Å². The van der Waals surface area contributed by atoms with Crippen LogP contribution in [0.1, 0.15) is 105 Å². The molecule has 1 saturated heterocycles. The molecule has 2 aromatic rings. The van der Waals surface area contributed by atoms with Gasteiger partial charge in [0.2, 0.25) is 0 Å². The van der Waals surface area contributed by atoms with E-state index in [1.165, 1.54) is 31.8 Å². The van der Waals surface area contributed by atoms with Gasteiger partial charge in [-0.1, -0.05) is 63.9 Å². The van der Waals surface area contributed by atoms with Crippen molar-refractivity contribution in [3.8, 4) is 0 Å². The SMILES string of the molecule is C=C(/C=C(/C)C(=C(C)C)N(C)CC(C)(CCC)C(C)=O)c1cc(Cl)ccc1P.CC.CC(=O)C1CC(N2CCN(C)CC2)C1.Cc1cc(C)ncn1. The number of piperazine rings is 1. The van der Waals surface area contributed by atoms with Gasteiger partial charge in [-0.15, -0.1) is 9.24 Å². The van der Waals surface area contributed by atoms with E-state index in [9.17, 15) is 9.59 Å². The molecule has 4 rings (SSSR count). The molecule has 0 amide bonds. The lowest BCUT2D eigenvalue weighted by atomic mass is 9.77. The molecule has 2 aliphatic rings. The molecule has 0 spiro atoms. The zero-order chi connectivity index (χ0) is 39.8. The number of Topliss-reactive ketones (excluding diaryl/α,β-unsaturated/α-hetero) is 2. The van der Waals surface area contributed by atoms with Crippen molar-refractivity contribution in [3.63, 3.8) is 0 Å². The maximum atomic E-state index is 12.3. The van der Waals surface area contributed by atoms with Crippen LogP contribution >= 0.6 is 20.8 Å². The first-order valence-electron chi connectivity index (χ1n) is 18.9. The Bertz CT molecular complexity index is 1500. The topological polar surface area (TPSA) is 69.6 Å². The van der Waals surface area contributed by atoms with E-state index in [1.54, 1.807) is 20.2 Å². The number of carbonyl (C=O) groups is 2. The predicted molar refractivity (Wildman–Crippen MR) is 227 cm³/mol. The van der Waals surface area contributed by atoms with Gasteiger partial charge >= 0.3 is 0 Å². The second-order valence-corrected chi connectivity index (χ2v) is 15.8. The summed E-state index contributed by atoms with van der Waals surface area (Å²) in [6.45, 7) is 31.5. The van der Waals surface area contributed by atoms with Gasteiger partial charge in [-0.3, -0.25) is 14.5 Å². The summed E-state index contributed by atoms with van der Waals surface area (Å²) in [5, 5.41) is 1.77. The van der Waals surface area contributed by atoms with Crippen molar-refractivity contribution >= 4 is 43.3 Å². The minimum atomic E-state index is -0.346. The third-order valence-electron chi connectivity index (χ3n) is 9.90.